The van der Waals surface area contributed by atoms with Crippen molar-refractivity contribution in [3.63, 3.8) is 0 Å². The molecule has 0 aliphatic rings. The van der Waals surface area contributed by atoms with E-state index >= 15 is 0 Å². The zero-order chi connectivity index (χ0) is 15.1. The summed E-state index contributed by atoms with van der Waals surface area (Å²) in [6.45, 7) is 9.74. The lowest BCUT2D eigenvalue weighted by Gasteiger charge is -2.17. The standard InChI is InChI=1S/C16H26N2O2/c1-6-18(5)16(19)11-20-15-8-7-13(4)9-14(15)10-17-12(2)3/h7-9,12,17H,6,10-11H2,1-5H3. The summed E-state index contributed by atoms with van der Waals surface area (Å²) < 4.78 is 5.68. The van der Waals surface area contributed by atoms with Gasteiger partial charge in [-0.25, -0.2) is 0 Å². The van der Waals surface area contributed by atoms with Gasteiger partial charge in [-0.1, -0.05) is 31.5 Å². The monoisotopic (exact) mass is 278 g/mol. The molecule has 1 N–H and O–H groups in total. The van der Waals surface area contributed by atoms with Crippen LogP contribution in [-0.2, 0) is 11.3 Å². The average Bonchev–Trinajstić information content (AvgIpc) is 2.42. The van der Waals surface area contributed by atoms with Crippen molar-refractivity contribution in [3.05, 3.63) is 29.3 Å². The van der Waals surface area contributed by atoms with Gasteiger partial charge in [0.15, 0.2) is 6.61 Å². The second kappa shape index (κ2) is 7.90. The normalized spacial score (nSPS) is 10.7. The van der Waals surface area contributed by atoms with Gasteiger partial charge in [-0.15, -0.1) is 0 Å². The first-order valence-electron chi connectivity index (χ1n) is 7.13. The Morgan fingerprint density at radius 1 is 1.40 bits per heavy atom. The highest BCUT2D eigenvalue weighted by Crippen LogP contribution is 2.20. The number of benzene rings is 1. The van der Waals surface area contributed by atoms with E-state index in [1.807, 2.05) is 19.1 Å². The van der Waals surface area contributed by atoms with Crippen molar-refractivity contribution < 1.29 is 9.53 Å². The van der Waals surface area contributed by atoms with Gasteiger partial charge in [-0.2, -0.15) is 0 Å². The SMILES string of the molecule is CCN(C)C(=O)COc1ccc(C)cc1CNC(C)C. The fourth-order valence-electron chi connectivity index (χ4n) is 1.73. The molecule has 0 aromatic heterocycles. The van der Waals surface area contributed by atoms with Crippen molar-refractivity contribution >= 4 is 5.91 Å². The van der Waals surface area contributed by atoms with Gasteiger partial charge < -0.3 is 15.0 Å². The summed E-state index contributed by atoms with van der Waals surface area (Å²) in [6, 6.07) is 6.45. The van der Waals surface area contributed by atoms with Crippen LogP contribution in [0.25, 0.3) is 0 Å². The van der Waals surface area contributed by atoms with Crippen LogP contribution >= 0.6 is 0 Å². The maximum atomic E-state index is 11.8. The lowest BCUT2D eigenvalue weighted by Crippen LogP contribution is -2.31. The minimum Gasteiger partial charge on any atom is -0.483 e. The molecule has 1 amide bonds. The molecule has 0 aliphatic carbocycles. The first-order chi connectivity index (χ1) is 9.43. The summed E-state index contributed by atoms with van der Waals surface area (Å²) in [4.78, 5) is 13.4. The largest absolute Gasteiger partial charge is 0.483 e. The number of carbonyl (C=O) groups excluding carboxylic acids is 1. The number of aryl methyl sites for hydroxylation is 1. The Morgan fingerprint density at radius 2 is 2.10 bits per heavy atom. The third kappa shape index (κ3) is 5.21. The van der Waals surface area contributed by atoms with E-state index in [-0.39, 0.29) is 12.5 Å². The summed E-state index contributed by atoms with van der Waals surface area (Å²) in [5.41, 5.74) is 2.28. The first kappa shape index (κ1) is 16.5. The predicted octanol–water partition coefficient (Wildman–Crippen LogP) is 2.35. The highest BCUT2D eigenvalue weighted by molar-refractivity contribution is 5.77. The number of amides is 1. The fourth-order valence-corrected chi connectivity index (χ4v) is 1.73. The van der Waals surface area contributed by atoms with E-state index in [9.17, 15) is 4.79 Å². The second-order valence-corrected chi connectivity index (χ2v) is 5.34. The molecule has 0 atom stereocenters. The third-order valence-electron chi connectivity index (χ3n) is 3.17. The second-order valence-electron chi connectivity index (χ2n) is 5.34. The zero-order valence-electron chi connectivity index (χ0n) is 13.2. The molecule has 112 valence electrons. The Labute approximate surface area is 122 Å². The average molecular weight is 278 g/mol. The highest BCUT2D eigenvalue weighted by atomic mass is 16.5. The summed E-state index contributed by atoms with van der Waals surface area (Å²) in [5, 5.41) is 3.38. The summed E-state index contributed by atoms with van der Waals surface area (Å²) >= 11 is 0. The number of ether oxygens (including phenoxy) is 1. The van der Waals surface area contributed by atoms with Crippen molar-refractivity contribution in [2.24, 2.45) is 0 Å². The van der Waals surface area contributed by atoms with E-state index in [4.69, 9.17) is 4.74 Å². The topological polar surface area (TPSA) is 41.6 Å². The Balaban J connectivity index is 2.71. The van der Waals surface area contributed by atoms with Gasteiger partial charge in [-0.3, -0.25) is 4.79 Å². The minimum atomic E-state index is -0.00385. The number of carbonyl (C=O) groups is 1. The lowest BCUT2D eigenvalue weighted by atomic mass is 10.1. The van der Waals surface area contributed by atoms with Crippen LogP contribution in [0.1, 0.15) is 31.9 Å². The summed E-state index contributed by atoms with van der Waals surface area (Å²) in [5.74, 6) is 0.775. The molecule has 0 unspecified atom stereocenters. The van der Waals surface area contributed by atoms with Crippen LogP contribution in [0.5, 0.6) is 5.75 Å². The van der Waals surface area contributed by atoms with Crippen LogP contribution in [0.15, 0.2) is 18.2 Å². The fraction of sp³-hybridized carbons (Fsp3) is 0.562. The molecule has 0 spiro atoms. The van der Waals surface area contributed by atoms with Crippen molar-refractivity contribution in [1.29, 1.82) is 0 Å². The lowest BCUT2D eigenvalue weighted by molar-refractivity contribution is -0.131. The van der Waals surface area contributed by atoms with Crippen LogP contribution < -0.4 is 10.1 Å². The number of rotatable bonds is 7. The van der Waals surface area contributed by atoms with Gasteiger partial charge >= 0.3 is 0 Å². The van der Waals surface area contributed by atoms with E-state index in [0.717, 1.165) is 17.9 Å². The zero-order valence-corrected chi connectivity index (χ0v) is 13.2. The van der Waals surface area contributed by atoms with E-state index < -0.39 is 0 Å². The predicted molar refractivity (Wildman–Crippen MR) is 82.0 cm³/mol. The van der Waals surface area contributed by atoms with E-state index in [1.165, 1.54) is 5.56 Å². The molecule has 0 radical (unpaired) electrons. The van der Waals surface area contributed by atoms with Crippen LogP contribution in [0, 0.1) is 6.92 Å². The molecule has 0 saturated heterocycles. The van der Waals surface area contributed by atoms with Crippen LogP contribution in [0.2, 0.25) is 0 Å². The molecule has 1 aromatic carbocycles. The summed E-state index contributed by atoms with van der Waals surface area (Å²) in [6.07, 6.45) is 0. The Morgan fingerprint density at radius 3 is 2.70 bits per heavy atom. The van der Waals surface area contributed by atoms with Gasteiger partial charge in [-0.05, 0) is 19.9 Å². The van der Waals surface area contributed by atoms with Crippen molar-refractivity contribution in [2.45, 2.75) is 40.3 Å². The van der Waals surface area contributed by atoms with E-state index in [1.54, 1.807) is 11.9 Å². The van der Waals surface area contributed by atoms with Gasteiger partial charge in [0.25, 0.3) is 5.91 Å². The third-order valence-corrected chi connectivity index (χ3v) is 3.17. The van der Waals surface area contributed by atoms with Crippen molar-refractivity contribution in [2.75, 3.05) is 20.2 Å². The van der Waals surface area contributed by atoms with Gasteiger partial charge in [0, 0.05) is 31.7 Å². The number of hydrogen-bond acceptors (Lipinski definition) is 3. The van der Waals surface area contributed by atoms with Gasteiger partial charge in [0.1, 0.15) is 5.75 Å². The van der Waals surface area contributed by atoms with Crippen LogP contribution in [0.4, 0.5) is 0 Å². The Kier molecular flexibility index (Phi) is 6.52. The minimum absolute atomic E-state index is 0.00385. The Hall–Kier alpha value is -1.55. The molecule has 0 fully saturated rings. The van der Waals surface area contributed by atoms with E-state index in [0.29, 0.717) is 12.6 Å². The molecule has 0 aliphatic heterocycles. The molecule has 0 heterocycles. The first-order valence-corrected chi connectivity index (χ1v) is 7.13. The molecular weight excluding hydrogens is 252 g/mol. The molecule has 0 bridgehead atoms. The highest BCUT2D eigenvalue weighted by Gasteiger charge is 2.10. The maximum absolute atomic E-state index is 11.8. The van der Waals surface area contributed by atoms with Gasteiger partial charge in [0.2, 0.25) is 0 Å². The number of hydrogen-bond donors (Lipinski definition) is 1. The quantitative estimate of drug-likeness (QED) is 0.832. The molecule has 4 heteroatoms. The summed E-state index contributed by atoms with van der Waals surface area (Å²) in [7, 11) is 1.78. The van der Waals surface area contributed by atoms with Crippen LogP contribution in [-0.4, -0.2) is 37.0 Å². The number of likely N-dealkylation sites (N-methyl/N-ethyl adjacent to an activating group) is 1. The van der Waals surface area contributed by atoms with Gasteiger partial charge in [0.05, 0.1) is 0 Å². The molecule has 20 heavy (non-hydrogen) atoms. The van der Waals surface area contributed by atoms with Crippen molar-refractivity contribution in [1.82, 2.24) is 10.2 Å². The molecular formula is C16H26N2O2. The number of nitrogens with zero attached hydrogens (tertiary/aromatic N) is 1. The Bertz CT molecular complexity index is 444. The molecule has 1 rings (SSSR count). The van der Waals surface area contributed by atoms with Crippen LogP contribution in [0.3, 0.4) is 0 Å². The maximum Gasteiger partial charge on any atom is 0.260 e. The van der Waals surface area contributed by atoms with E-state index in [2.05, 4.69) is 32.2 Å². The van der Waals surface area contributed by atoms with Crippen molar-refractivity contribution in [3.8, 4) is 5.75 Å². The molecule has 0 saturated carbocycles. The molecule has 4 nitrogen and oxygen atoms in total. The molecule has 1 aromatic rings. The number of nitrogens with one attached hydrogen (secondary N) is 1. The smallest absolute Gasteiger partial charge is 0.260 e.